The SMILES string of the molecule is CCC(OOC(C)(C)C)C(=O)OOOC(C)(C)C. The summed E-state index contributed by atoms with van der Waals surface area (Å²) in [4.78, 5) is 30.9. The Bertz CT molecular complexity index is 250. The Morgan fingerprint density at radius 3 is 1.89 bits per heavy atom. The third-order valence-electron chi connectivity index (χ3n) is 1.45. The van der Waals surface area contributed by atoms with E-state index in [9.17, 15) is 4.79 Å². The Hall–Kier alpha value is -0.690. The van der Waals surface area contributed by atoms with Crippen molar-refractivity contribution in [3.8, 4) is 0 Å². The molecule has 0 bridgehead atoms. The molecule has 18 heavy (non-hydrogen) atoms. The van der Waals surface area contributed by atoms with Gasteiger partial charge in [-0.25, -0.2) is 14.6 Å². The summed E-state index contributed by atoms with van der Waals surface area (Å²) in [6, 6.07) is 0. The summed E-state index contributed by atoms with van der Waals surface area (Å²) in [5.41, 5.74) is -1.07. The van der Waals surface area contributed by atoms with Gasteiger partial charge in [-0.05, 0) is 53.0 Å². The lowest BCUT2D eigenvalue weighted by molar-refractivity contribution is -0.518. The Morgan fingerprint density at radius 2 is 1.50 bits per heavy atom. The molecule has 0 heterocycles. The fourth-order valence-electron chi connectivity index (χ4n) is 0.683. The summed E-state index contributed by atoms with van der Waals surface area (Å²) in [5.74, 6) is -0.703. The predicted molar refractivity (Wildman–Crippen MR) is 64.0 cm³/mol. The van der Waals surface area contributed by atoms with Crippen molar-refractivity contribution in [1.29, 1.82) is 0 Å². The van der Waals surface area contributed by atoms with E-state index < -0.39 is 23.3 Å². The van der Waals surface area contributed by atoms with E-state index in [2.05, 4.69) is 9.93 Å². The van der Waals surface area contributed by atoms with Gasteiger partial charge in [-0.2, -0.15) is 4.89 Å². The number of carbonyl (C=O) groups is 1. The minimum atomic E-state index is -0.854. The number of carbonyl (C=O) groups excluding carboxylic acids is 1. The van der Waals surface area contributed by atoms with Gasteiger partial charge < -0.3 is 0 Å². The van der Waals surface area contributed by atoms with E-state index in [0.717, 1.165) is 0 Å². The third-order valence-corrected chi connectivity index (χ3v) is 1.45. The van der Waals surface area contributed by atoms with Crippen LogP contribution >= 0.6 is 0 Å². The van der Waals surface area contributed by atoms with Crippen molar-refractivity contribution in [3.63, 3.8) is 0 Å². The van der Waals surface area contributed by atoms with Gasteiger partial charge in [0.05, 0.1) is 11.2 Å². The van der Waals surface area contributed by atoms with E-state index in [1.165, 1.54) is 0 Å². The highest BCUT2D eigenvalue weighted by Gasteiger charge is 2.25. The van der Waals surface area contributed by atoms with Crippen LogP contribution in [0.3, 0.4) is 0 Å². The molecule has 108 valence electrons. The molecule has 0 aliphatic carbocycles. The molecule has 6 nitrogen and oxygen atoms in total. The van der Waals surface area contributed by atoms with Gasteiger partial charge in [0.2, 0.25) is 0 Å². The molecule has 0 fully saturated rings. The first-order valence-corrected chi connectivity index (χ1v) is 5.96. The van der Waals surface area contributed by atoms with Crippen LogP contribution in [0.15, 0.2) is 0 Å². The van der Waals surface area contributed by atoms with Crippen LogP contribution < -0.4 is 0 Å². The zero-order valence-corrected chi connectivity index (χ0v) is 12.2. The molecular weight excluding hydrogens is 240 g/mol. The third kappa shape index (κ3) is 9.35. The van der Waals surface area contributed by atoms with Crippen molar-refractivity contribution in [3.05, 3.63) is 0 Å². The first-order valence-electron chi connectivity index (χ1n) is 5.96. The molecule has 0 aromatic carbocycles. The van der Waals surface area contributed by atoms with E-state index in [-0.39, 0.29) is 0 Å². The van der Waals surface area contributed by atoms with Crippen molar-refractivity contribution >= 4 is 5.97 Å². The van der Waals surface area contributed by atoms with E-state index in [0.29, 0.717) is 6.42 Å². The Morgan fingerprint density at radius 1 is 1.00 bits per heavy atom. The van der Waals surface area contributed by atoms with E-state index in [4.69, 9.17) is 14.7 Å². The number of hydrogen-bond acceptors (Lipinski definition) is 6. The summed E-state index contributed by atoms with van der Waals surface area (Å²) in [5, 5.41) is 4.39. The van der Waals surface area contributed by atoms with Crippen LogP contribution in [0.2, 0.25) is 0 Å². The second-order valence-corrected chi connectivity index (χ2v) is 5.85. The first-order chi connectivity index (χ1) is 8.05. The largest absolute Gasteiger partial charge is 0.377 e. The van der Waals surface area contributed by atoms with Crippen molar-refractivity contribution in [2.75, 3.05) is 0 Å². The topological polar surface area (TPSA) is 63.2 Å². The number of hydrogen-bond donors (Lipinski definition) is 0. The quantitative estimate of drug-likeness (QED) is 0.543. The fraction of sp³-hybridized carbons (Fsp3) is 0.917. The van der Waals surface area contributed by atoms with Crippen LogP contribution in [0.25, 0.3) is 0 Å². The zero-order chi connectivity index (χ0) is 14.4. The smallest absolute Gasteiger partial charge is 0.266 e. The van der Waals surface area contributed by atoms with E-state index >= 15 is 0 Å². The maximum Gasteiger partial charge on any atom is 0.377 e. The predicted octanol–water partition coefficient (Wildman–Crippen LogP) is 2.72. The fourth-order valence-corrected chi connectivity index (χ4v) is 0.683. The van der Waals surface area contributed by atoms with Gasteiger partial charge in [-0.15, -0.1) is 0 Å². The molecule has 0 aliphatic heterocycles. The van der Waals surface area contributed by atoms with Gasteiger partial charge in [-0.3, -0.25) is 4.89 Å². The molecule has 1 atom stereocenters. The normalized spacial score (nSPS) is 14.4. The summed E-state index contributed by atoms with van der Waals surface area (Å²) in [6.07, 6.45) is -0.457. The highest BCUT2D eigenvalue weighted by atomic mass is 17.5. The van der Waals surface area contributed by atoms with Crippen LogP contribution in [0, 0.1) is 0 Å². The molecule has 0 aromatic rings. The molecule has 0 amide bonds. The molecule has 0 N–H and O–H groups in total. The molecule has 0 spiro atoms. The van der Waals surface area contributed by atoms with E-state index in [1.54, 1.807) is 27.7 Å². The Kier molecular flexibility index (Phi) is 6.77. The minimum Gasteiger partial charge on any atom is -0.266 e. The zero-order valence-electron chi connectivity index (χ0n) is 12.2. The lowest BCUT2D eigenvalue weighted by Crippen LogP contribution is -2.31. The molecule has 0 rings (SSSR count). The Labute approximate surface area is 108 Å². The molecule has 6 heteroatoms. The van der Waals surface area contributed by atoms with Crippen molar-refractivity contribution in [1.82, 2.24) is 0 Å². The van der Waals surface area contributed by atoms with Crippen LogP contribution in [0.1, 0.15) is 54.9 Å². The summed E-state index contributed by atoms with van der Waals surface area (Å²) in [6.45, 7) is 12.5. The lowest BCUT2D eigenvalue weighted by Gasteiger charge is -2.21. The highest BCUT2D eigenvalue weighted by molar-refractivity contribution is 5.73. The molecule has 0 saturated carbocycles. The summed E-state index contributed by atoms with van der Waals surface area (Å²) >= 11 is 0. The molecule has 0 saturated heterocycles. The summed E-state index contributed by atoms with van der Waals surface area (Å²) in [7, 11) is 0. The summed E-state index contributed by atoms with van der Waals surface area (Å²) < 4.78 is 0. The molecule has 0 aliphatic rings. The van der Waals surface area contributed by atoms with Gasteiger partial charge in [0.25, 0.3) is 0 Å². The molecule has 1 unspecified atom stereocenters. The second kappa shape index (κ2) is 7.04. The van der Waals surface area contributed by atoms with Crippen LogP contribution in [0.4, 0.5) is 0 Å². The first kappa shape index (κ1) is 17.3. The monoisotopic (exact) mass is 264 g/mol. The minimum absolute atomic E-state index is 0.397. The van der Waals surface area contributed by atoms with Gasteiger partial charge in [0, 0.05) is 0 Å². The average molecular weight is 264 g/mol. The van der Waals surface area contributed by atoms with Gasteiger partial charge in [0.1, 0.15) is 0 Å². The van der Waals surface area contributed by atoms with Gasteiger partial charge in [-0.1, -0.05) is 6.92 Å². The van der Waals surface area contributed by atoms with Gasteiger partial charge in [0.15, 0.2) is 6.10 Å². The standard InChI is InChI=1S/C12H24O6/c1-8-9(14-16-11(2,3)4)10(13)15-18-17-12(5,6)7/h9H,8H2,1-7H3. The van der Waals surface area contributed by atoms with Crippen molar-refractivity contribution in [2.45, 2.75) is 72.2 Å². The average Bonchev–Trinajstić information content (AvgIpc) is 2.14. The van der Waals surface area contributed by atoms with Crippen molar-refractivity contribution < 1.29 is 29.4 Å². The van der Waals surface area contributed by atoms with Gasteiger partial charge >= 0.3 is 5.97 Å². The van der Waals surface area contributed by atoms with Crippen LogP contribution in [0.5, 0.6) is 0 Å². The van der Waals surface area contributed by atoms with Crippen molar-refractivity contribution in [2.24, 2.45) is 0 Å². The maximum atomic E-state index is 11.5. The lowest BCUT2D eigenvalue weighted by atomic mass is 10.2. The molecule has 0 radical (unpaired) electrons. The molecular formula is C12H24O6. The van der Waals surface area contributed by atoms with Crippen LogP contribution in [-0.4, -0.2) is 23.3 Å². The molecule has 0 aromatic heterocycles. The highest BCUT2D eigenvalue weighted by Crippen LogP contribution is 2.13. The number of rotatable bonds is 6. The van der Waals surface area contributed by atoms with Crippen LogP contribution in [-0.2, 0) is 29.4 Å². The Balaban J connectivity index is 4.04. The maximum absolute atomic E-state index is 11.5. The second-order valence-electron chi connectivity index (χ2n) is 5.85. The van der Waals surface area contributed by atoms with E-state index in [1.807, 2.05) is 20.8 Å².